The van der Waals surface area contributed by atoms with Crippen molar-refractivity contribution >= 4 is 7.95 Å². The van der Waals surface area contributed by atoms with E-state index < -0.39 is 7.95 Å². The molecule has 0 aromatic heterocycles. The summed E-state index contributed by atoms with van der Waals surface area (Å²) in [6, 6.07) is 2.58. The minimum absolute atomic E-state index is 0.280. The Bertz CT molecular complexity index is 200. The molecule has 0 saturated heterocycles. The Hall–Kier alpha value is -0.450. The second-order valence-electron chi connectivity index (χ2n) is 3.55. The van der Waals surface area contributed by atoms with Crippen LogP contribution < -0.4 is 0 Å². The van der Waals surface area contributed by atoms with Crippen LogP contribution in [0.2, 0.25) is 0 Å². The highest BCUT2D eigenvalue weighted by Gasteiger charge is 2.31. The summed E-state index contributed by atoms with van der Waals surface area (Å²) >= 11 is 0. The zero-order valence-electron chi connectivity index (χ0n) is 8.82. The summed E-state index contributed by atoms with van der Waals surface area (Å²) in [5.74, 6) is 0. The summed E-state index contributed by atoms with van der Waals surface area (Å²) in [5, 5.41) is 8.38. The van der Waals surface area contributed by atoms with E-state index in [-0.39, 0.29) is 12.1 Å². The summed E-state index contributed by atoms with van der Waals surface area (Å²) in [5.41, 5.74) is 0. The Morgan fingerprint density at radius 1 is 1.31 bits per heavy atom. The van der Waals surface area contributed by atoms with Gasteiger partial charge in [0.25, 0.3) is 0 Å². The first-order valence-electron chi connectivity index (χ1n) is 4.60. The van der Waals surface area contributed by atoms with Crippen molar-refractivity contribution in [2.75, 3.05) is 6.16 Å². The lowest BCUT2D eigenvalue weighted by Gasteiger charge is -2.18. The van der Waals surface area contributed by atoms with Crippen LogP contribution in [-0.4, -0.2) is 22.9 Å². The highest BCUT2D eigenvalue weighted by Crippen LogP contribution is 2.32. The van der Waals surface area contributed by atoms with Gasteiger partial charge in [-0.1, -0.05) is 9.24 Å². The second-order valence-corrected chi connectivity index (χ2v) is 5.16. The normalized spacial score (nSPS) is 12.3. The van der Waals surface area contributed by atoms with Crippen LogP contribution in [0.4, 0.5) is 0 Å². The van der Waals surface area contributed by atoms with Crippen molar-refractivity contribution in [1.82, 2.24) is 4.67 Å². The third-order valence-corrected chi connectivity index (χ3v) is 3.78. The number of hydrogen-bond donors (Lipinski definition) is 0. The van der Waals surface area contributed by atoms with Gasteiger partial charge in [0.15, 0.2) is 6.16 Å². The molecular formula is C9H18N2OP+. The van der Waals surface area contributed by atoms with Crippen molar-refractivity contribution in [3.63, 3.8) is 0 Å². The van der Waals surface area contributed by atoms with Crippen LogP contribution in [0.25, 0.3) is 0 Å². The van der Waals surface area contributed by atoms with Gasteiger partial charge in [-0.05, 0) is 27.7 Å². The Morgan fingerprint density at radius 2 is 1.77 bits per heavy atom. The minimum atomic E-state index is -1.37. The summed E-state index contributed by atoms with van der Waals surface area (Å²) in [6.45, 7) is 8.11. The van der Waals surface area contributed by atoms with Crippen LogP contribution in [0.3, 0.4) is 0 Å². The SMILES string of the molecule is CC(C)N(C(C)C)[P+](=O)CCC#N. The molecule has 0 heterocycles. The minimum Gasteiger partial charge on any atom is -0.198 e. The molecule has 0 N–H and O–H groups in total. The fourth-order valence-corrected chi connectivity index (χ4v) is 2.93. The van der Waals surface area contributed by atoms with Gasteiger partial charge in [0.1, 0.15) is 0 Å². The predicted molar refractivity (Wildman–Crippen MR) is 54.8 cm³/mol. The van der Waals surface area contributed by atoms with E-state index in [0.29, 0.717) is 12.6 Å². The molecule has 0 aromatic rings. The number of hydrogen-bond acceptors (Lipinski definition) is 2. The Balaban J connectivity index is 4.22. The second kappa shape index (κ2) is 6.07. The van der Waals surface area contributed by atoms with Gasteiger partial charge in [-0.2, -0.15) is 5.26 Å². The Kier molecular flexibility index (Phi) is 5.86. The molecule has 0 aromatic carbocycles. The average Bonchev–Trinajstić information content (AvgIpc) is 1.99. The zero-order chi connectivity index (χ0) is 10.4. The third-order valence-electron chi connectivity index (χ3n) is 1.73. The molecule has 0 radical (unpaired) electrons. The number of rotatable bonds is 5. The third kappa shape index (κ3) is 4.36. The van der Waals surface area contributed by atoms with E-state index in [2.05, 4.69) is 0 Å². The van der Waals surface area contributed by atoms with E-state index in [0.717, 1.165) is 0 Å². The van der Waals surface area contributed by atoms with E-state index >= 15 is 0 Å². The van der Waals surface area contributed by atoms with Crippen molar-refractivity contribution in [1.29, 1.82) is 5.26 Å². The summed E-state index contributed by atoms with van der Waals surface area (Å²) in [6.07, 6.45) is 0.868. The molecule has 0 fully saturated rings. The van der Waals surface area contributed by atoms with Gasteiger partial charge in [0, 0.05) is 12.1 Å². The van der Waals surface area contributed by atoms with Crippen LogP contribution in [0.5, 0.6) is 0 Å². The molecule has 1 unspecified atom stereocenters. The molecular weight excluding hydrogens is 183 g/mol. The van der Waals surface area contributed by atoms with Crippen molar-refractivity contribution in [3.8, 4) is 6.07 Å². The van der Waals surface area contributed by atoms with Crippen molar-refractivity contribution in [2.45, 2.75) is 46.2 Å². The van der Waals surface area contributed by atoms with Crippen LogP contribution in [0.1, 0.15) is 34.1 Å². The maximum Gasteiger partial charge on any atom is 0.436 e. The van der Waals surface area contributed by atoms with Crippen LogP contribution in [0.15, 0.2) is 0 Å². The van der Waals surface area contributed by atoms with Gasteiger partial charge in [-0.15, -0.1) is 0 Å². The van der Waals surface area contributed by atoms with E-state index in [1.807, 2.05) is 38.4 Å². The smallest absolute Gasteiger partial charge is 0.198 e. The summed E-state index contributed by atoms with van der Waals surface area (Å²) < 4.78 is 13.7. The molecule has 1 atom stereocenters. The zero-order valence-corrected chi connectivity index (χ0v) is 9.71. The number of nitriles is 1. The largest absolute Gasteiger partial charge is 0.436 e. The molecule has 0 bridgehead atoms. The molecule has 0 aliphatic carbocycles. The molecule has 0 amide bonds. The van der Waals surface area contributed by atoms with Crippen LogP contribution in [-0.2, 0) is 4.57 Å². The van der Waals surface area contributed by atoms with E-state index in [1.54, 1.807) is 0 Å². The summed E-state index contributed by atoms with van der Waals surface area (Å²) in [4.78, 5) is 0. The van der Waals surface area contributed by atoms with E-state index in [9.17, 15) is 4.57 Å². The number of nitrogens with zero attached hydrogens (tertiary/aromatic N) is 2. The van der Waals surface area contributed by atoms with Crippen LogP contribution >= 0.6 is 7.95 Å². The molecule has 0 rings (SSSR count). The predicted octanol–water partition coefficient (Wildman–Crippen LogP) is 2.76. The van der Waals surface area contributed by atoms with Gasteiger partial charge in [-0.25, -0.2) is 0 Å². The van der Waals surface area contributed by atoms with Gasteiger partial charge in [-0.3, -0.25) is 0 Å². The fourth-order valence-electron chi connectivity index (χ4n) is 1.37. The van der Waals surface area contributed by atoms with Crippen molar-refractivity contribution in [2.24, 2.45) is 0 Å². The molecule has 0 saturated carbocycles. The lowest BCUT2D eigenvalue weighted by Crippen LogP contribution is -2.31. The van der Waals surface area contributed by atoms with E-state index in [4.69, 9.17) is 5.26 Å². The van der Waals surface area contributed by atoms with Gasteiger partial charge >= 0.3 is 7.95 Å². The average molecular weight is 201 g/mol. The Labute approximate surface area is 81.6 Å². The van der Waals surface area contributed by atoms with Crippen molar-refractivity contribution < 1.29 is 4.57 Å². The highest BCUT2D eigenvalue weighted by molar-refractivity contribution is 7.42. The van der Waals surface area contributed by atoms with Gasteiger partial charge in [0.05, 0.1) is 12.5 Å². The van der Waals surface area contributed by atoms with Crippen LogP contribution in [0, 0.1) is 11.3 Å². The standard InChI is InChI=1S/C9H18N2OP/c1-8(2)11(9(3)4)13(12)7-5-6-10/h8-9H,5,7H2,1-4H3/q+1. The molecule has 4 heteroatoms. The molecule has 13 heavy (non-hydrogen) atoms. The molecule has 0 aliphatic heterocycles. The lowest BCUT2D eigenvalue weighted by atomic mass is 10.3. The first-order chi connectivity index (χ1) is 6.00. The lowest BCUT2D eigenvalue weighted by molar-refractivity contribution is 0.309. The van der Waals surface area contributed by atoms with E-state index in [1.165, 1.54) is 0 Å². The summed E-state index contributed by atoms with van der Waals surface area (Å²) in [7, 11) is -1.37. The topological polar surface area (TPSA) is 44.1 Å². The fraction of sp³-hybridized carbons (Fsp3) is 0.889. The Morgan fingerprint density at radius 3 is 2.08 bits per heavy atom. The van der Waals surface area contributed by atoms with Gasteiger partial charge < -0.3 is 0 Å². The van der Waals surface area contributed by atoms with Crippen molar-refractivity contribution in [3.05, 3.63) is 0 Å². The molecule has 74 valence electrons. The monoisotopic (exact) mass is 201 g/mol. The maximum atomic E-state index is 11.7. The first-order valence-corrected chi connectivity index (χ1v) is 6.00. The molecule has 0 aliphatic rings. The maximum absolute atomic E-state index is 11.7. The highest BCUT2D eigenvalue weighted by atomic mass is 31.1. The molecule has 3 nitrogen and oxygen atoms in total. The quantitative estimate of drug-likeness (QED) is 0.642. The molecule has 0 spiro atoms. The van der Waals surface area contributed by atoms with Gasteiger partial charge in [0.2, 0.25) is 0 Å². The first kappa shape index (κ1) is 12.6.